The number of hydrogen-bond donors (Lipinski definition) is 0. The molecule has 0 saturated heterocycles. The van der Waals surface area contributed by atoms with E-state index in [-0.39, 0.29) is 0 Å². The molecule has 0 aliphatic rings. The minimum Gasteiger partial charge on any atom is -0.275 e. The molecular formula is C14H20N2. The summed E-state index contributed by atoms with van der Waals surface area (Å²) in [6.45, 7) is 8.93. The average molecular weight is 216 g/mol. The third-order valence-electron chi connectivity index (χ3n) is 3.06. The highest BCUT2D eigenvalue weighted by Crippen LogP contribution is 2.28. The number of rotatable bonds is 2. The first kappa shape index (κ1) is 11.2. The van der Waals surface area contributed by atoms with E-state index in [1.54, 1.807) is 0 Å². The van der Waals surface area contributed by atoms with E-state index < -0.39 is 0 Å². The molecule has 0 saturated carbocycles. The van der Waals surface area contributed by atoms with E-state index in [0.717, 1.165) is 5.52 Å². The standard InChI is InChI=1S/C14H20N2/c1-9(2)11-6-12-8-16(5)15-14(12)13(7-11)10(3)4/h6-10H,1-5H3. The van der Waals surface area contributed by atoms with Gasteiger partial charge in [-0.15, -0.1) is 0 Å². The first-order valence-corrected chi connectivity index (χ1v) is 5.96. The molecule has 2 rings (SSSR count). The lowest BCUT2D eigenvalue weighted by Crippen LogP contribution is -1.95. The molecule has 16 heavy (non-hydrogen) atoms. The summed E-state index contributed by atoms with van der Waals surface area (Å²) in [5.74, 6) is 1.10. The van der Waals surface area contributed by atoms with E-state index in [9.17, 15) is 0 Å². The summed E-state index contributed by atoms with van der Waals surface area (Å²) in [4.78, 5) is 0. The molecule has 0 radical (unpaired) electrons. The predicted octanol–water partition coefficient (Wildman–Crippen LogP) is 3.82. The second-order valence-corrected chi connectivity index (χ2v) is 5.16. The summed E-state index contributed by atoms with van der Waals surface area (Å²) < 4.78 is 1.90. The van der Waals surface area contributed by atoms with Gasteiger partial charge in [-0.1, -0.05) is 33.8 Å². The Morgan fingerprint density at radius 1 is 1.06 bits per heavy atom. The molecule has 0 amide bonds. The molecule has 2 nitrogen and oxygen atoms in total. The molecule has 0 N–H and O–H groups in total. The molecule has 1 heterocycles. The van der Waals surface area contributed by atoms with Crippen molar-refractivity contribution < 1.29 is 0 Å². The number of fused-ring (bicyclic) bond motifs is 1. The molecule has 0 aliphatic heterocycles. The Bertz CT molecular complexity index is 507. The first-order valence-electron chi connectivity index (χ1n) is 5.96. The zero-order valence-electron chi connectivity index (χ0n) is 10.8. The van der Waals surface area contributed by atoms with E-state index in [1.165, 1.54) is 16.5 Å². The van der Waals surface area contributed by atoms with Crippen molar-refractivity contribution >= 4 is 10.9 Å². The summed E-state index contributed by atoms with van der Waals surface area (Å²) >= 11 is 0. The zero-order valence-corrected chi connectivity index (χ0v) is 10.8. The van der Waals surface area contributed by atoms with E-state index in [4.69, 9.17) is 0 Å². The van der Waals surface area contributed by atoms with Crippen molar-refractivity contribution in [3.05, 3.63) is 29.5 Å². The van der Waals surface area contributed by atoms with E-state index in [0.29, 0.717) is 11.8 Å². The van der Waals surface area contributed by atoms with Crippen molar-refractivity contribution in [3.8, 4) is 0 Å². The second kappa shape index (κ2) is 3.93. The van der Waals surface area contributed by atoms with Gasteiger partial charge in [0.25, 0.3) is 0 Å². The number of aromatic nitrogens is 2. The van der Waals surface area contributed by atoms with Gasteiger partial charge in [-0.25, -0.2) is 0 Å². The number of aryl methyl sites for hydroxylation is 1. The van der Waals surface area contributed by atoms with E-state index in [1.807, 2.05) is 11.7 Å². The molecule has 1 aromatic carbocycles. The monoisotopic (exact) mass is 216 g/mol. The topological polar surface area (TPSA) is 17.8 Å². The van der Waals surface area contributed by atoms with E-state index in [2.05, 4.69) is 51.1 Å². The predicted molar refractivity (Wildman–Crippen MR) is 68.9 cm³/mol. The lowest BCUT2D eigenvalue weighted by molar-refractivity contribution is 0.773. The van der Waals surface area contributed by atoms with Gasteiger partial charge in [-0.05, 0) is 29.0 Å². The molecule has 1 aromatic heterocycles. The van der Waals surface area contributed by atoms with Crippen LogP contribution in [0.1, 0.15) is 50.7 Å². The van der Waals surface area contributed by atoms with Crippen LogP contribution in [0, 0.1) is 0 Å². The van der Waals surface area contributed by atoms with Crippen molar-refractivity contribution in [1.82, 2.24) is 9.78 Å². The summed E-state index contributed by atoms with van der Waals surface area (Å²) in [7, 11) is 1.99. The van der Waals surface area contributed by atoms with Crippen molar-refractivity contribution in [2.75, 3.05) is 0 Å². The minimum atomic E-state index is 0.524. The van der Waals surface area contributed by atoms with Crippen LogP contribution in [0.5, 0.6) is 0 Å². The number of benzene rings is 1. The molecule has 0 bridgehead atoms. The SMILES string of the molecule is CC(C)c1cc(C(C)C)c2nn(C)cc2c1. The van der Waals surface area contributed by atoms with Crippen LogP contribution in [0.2, 0.25) is 0 Å². The minimum absolute atomic E-state index is 0.524. The summed E-state index contributed by atoms with van der Waals surface area (Å²) in [5.41, 5.74) is 3.92. The maximum absolute atomic E-state index is 4.55. The van der Waals surface area contributed by atoms with Crippen LogP contribution in [-0.2, 0) is 7.05 Å². The van der Waals surface area contributed by atoms with Crippen molar-refractivity contribution in [1.29, 1.82) is 0 Å². The molecular weight excluding hydrogens is 196 g/mol. The van der Waals surface area contributed by atoms with Gasteiger partial charge < -0.3 is 0 Å². The van der Waals surface area contributed by atoms with Crippen LogP contribution < -0.4 is 0 Å². The summed E-state index contributed by atoms with van der Waals surface area (Å²) in [6.07, 6.45) is 2.10. The molecule has 2 aromatic rings. The van der Waals surface area contributed by atoms with Crippen LogP contribution in [0.3, 0.4) is 0 Å². The maximum Gasteiger partial charge on any atom is 0.0957 e. The highest BCUT2D eigenvalue weighted by Gasteiger charge is 2.12. The van der Waals surface area contributed by atoms with Crippen LogP contribution in [-0.4, -0.2) is 9.78 Å². The second-order valence-electron chi connectivity index (χ2n) is 5.16. The number of hydrogen-bond acceptors (Lipinski definition) is 1. The molecule has 0 fully saturated rings. The van der Waals surface area contributed by atoms with E-state index >= 15 is 0 Å². The van der Waals surface area contributed by atoms with Crippen LogP contribution in [0.15, 0.2) is 18.3 Å². The summed E-state index contributed by atoms with van der Waals surface area (Å²) in [5, 5.41) is 5.81. The molecule has 0 spiro atoms. The van der Waals surface area contributed by atoms with Gasteiger partial charge in [0.1, 0.15) is 0 Å². The molecule has 0 unspecified atom stereocenters. The van der Waals surface area contributed by atoms with Gasteiger partial charge >= 0.3 is 0 Å². The average Bonchev–Trinajstić information content (AvgIpc) is 2.55. The normalized spacial score (nSPS) is 11.9. The number of nitrogens with zero attached hydrogens (tertiary/aromatic N) is 2. The molecule has 0 atom stereocenters. The highest BCUT2D eigenvalue weighted by atomic mass is 15.2. The van der Waals surface area contributed by atoms with Crippen LogP contribution in [0.4, 0.5) is 0 Å². The Morgan fingerprint density at radius 2 is 1.75 bits per heavy atom. The highest BCUT2D eigenvalue weighted by molar-refractivity contribution is 5.83. The molecule has 2 heteroatoms. The Hall–Kier alpha value is -1.31. The van der Waals surface area contributed by atoms with Gasteiger partial charge in [0.2, 0.25) is 0 Å². The molecule has 0 aliphatic carbocycles. The fraction of sp³-hybridized carbons (Fsp3) is 0.500. The first-order chi connectivity index (χ1) is 7.49. The van der Waals surface area contributed by atoms with Crippen LogP contribution >= 0.6 is 0 Å². The Labute approximate surface area is 97.3 Å². The van der Waals surface area contributed by atoms with Crippen molar-refractivity contribution in [2.45, 2.75) is 39.5 Å². The quantitative estimate of drug-likeness (QED) is 0.746. The van der Waals surface area contributed by atoms with Gasteiger partial charge in [0.05, 0.1) is 5.52 Å². The lowest BCUT2D eigenvalue weighted by atomic mass is 9.93. The Balaban J connectivity index is 2.73. The third kappa shape index (κ3) is 1.84. The van der Waals surface area contributed by atoms with Gasteiger partial charge in [0.15, 0.2) is 0 Å². The van der Waals surface area contributed by atoms with Gasteiger partial charge in [-0.3, -0.25) is 4.68 Å². The zero-order chi connectivity index (χ0) is 11.9. The lowest BCUT2D eigenvalue weighted by Gasteiger charge is -2.11. The fourth-order valence-electron chi connectivity index (χ4n) is 2.08. The summed E-state index contributed by atoms with van der Waals surface area (Å²) in [6, 6.07) is 4.57. The fourth-order valence-corrected chi connectivity index (χ4v) is 2.08. The third-order valence-corrected chi connectivity index (χ3v) is 3.06. The van der Waals surface area contributed by atoms with Gasteiger partial charge in [-0.2, -0.15) is 5.10 Å². The molecule has 86 valence electrons. The van der Waals surface area contributed by atoms with Crippen LogP contribution in [0.25, 0.3) is 10.9 Å². The van der Waals surface area contributed by atoms with Gasteiger partial charge in [0, 0.05) is 18.6 Å². The van der Waals surface area contributed by atoms with Crippen molar-refractivity contribution in [3.63, 3.8) is 0 Å². The van der Waals surface area contributed by atoms with Crippen molar-refractivity contribution in [2.24, 2.45) is 7.05 Å². The Kier molecular flexibility index (Phi) is 2.75. The smallest absolute Gasteiger partial charge is 0.0957 e. The largest absolute Gasteiger partial charge is 0.275 e. The Morgan fingerprint density at radius 3 is 2.31 bits per heavy atom. The maximum atomic E-state index is 4.55.